The van der Waals surface area contributed by atoms with Crippen molar-refractivity contribution in [2.45, 2.75) is 4.90 Å². The average molecular weight is 282 g/mol. The van der Waals surface area contributed by atoms with Gasteiger partial charge in [0, 0.05) is 6.07 Å². The minimum Gasteiger partial charge on any atom is -0.454 e. The fourth-order valence-corrected chi connectivity index (χ4v) is 2.15. The Morgan fingerprint density at radius 2 is 1.79 bits per heavy atom. The molecule has 2 aromatic rings. The number of halogens is 1. The molecular formula is C12H11FN2O3S. The molecule has 5 nitrogen and oxygen atoms in total. The zero-order valence-electron chi connectivity index (χ0n) is 9.71. The number of hydrogen-bond acceptors (Lipinski definition) is 4. The molecule has 0 spiro atoms. The highest BCUT2D eigenvalue weighted by molar-refractivity contribution is 7.89. The first kappa shape index (κ1) is 13.3. The molecule has 0 amide bonds. The first-order valence-electron chi connectivity index (χ1n) is 5.22. The summed E-state index contributed by atoms with van der Waals surface area (Å²) in [5, 5.41) is 4.98. The first-order chi connectivity index (χ1) is 8.88. The van der Waals surface area contributed by atoms with Gasteiger partial charge < -0.3 is 10.5 Å². The van der Waals surface area contributed by atoms with Crippen molar-refractivity contribution in [2.24, 2.45) is 5.14 Å². The van der Waals surface area contributed by atoms with E-state index >= 15 is 0 Å². The van der Waals surface area contributed by atoms with E-state index in [1.807, 2.05) is 0 Å². The molecule has 0 saturated heterocycles. The number of sulfonamides is 1. The van der Waals surface area contributed by atoms with Gasteiger partial charge in [0.1, 0.15) is 10.6 Å². The lowest BCUT2D eigenvalue weighted by Crippen LogP contribution is -2.14. The van der Waals surface area contributed by atoms with Crippen LogP contribution in [0.5, 0.6) is 11.5 Å². The number of hydrogen-bond donors (Lipinski definition) is 2. The second-order valence-electron chi connectivity index (χ2n) is 3.78. The Hall–Kier alpha value is -2.12. The van der Waals surface area contributed by atoms with Crippen molar-refractivity contribution in [2.75, 3.05) is 5.73 Å². The Bertz CT molecular complexity index is 717. The van der Waals surface area contributed by atoms with Gasteiger partial charge in [-0.15, -0.1) is 0 Å². The summed E-state index contributed by atoms with van der Waals surface area (Å²) in [6.45, 7) is 0. The Morgan fingerprint density at radius 1 is 1.11 bits per heavy atom. The summed E-state index contributed by atoms with van der Waals surface area (Å²) in [6, 6.07) is 9.66. The average Bonchev–Trinajstić information content (AvgIpc) is 2.30. The number of nitrogen functional groups attached to an aromatic ring is 1. The summed E-state index contributed by atoms with van der Waals surface area (Å²) in [5.41, 5.74) is 5.51. The van der Waals surface area contributed by atoms with Crippen molar-refractivity contribution < 1.29 is 17.5 Å². The molecule has 0 aliphatic rings. The van der Waals surface area contributed by atoms with E-state index in [4.69, 9.17) is 15.6 Å². The lowest BCUT2D eigenvalue weighted by Gasteiger charge is -2.09. The van der Waals surface area contributed by atoms with Gasteiger partial charge in [0.15, 0.2) is 11.6 Å². The number of nitrogens with two attached hydrogens (primary N) is 2. The van der Waals surface area contributed by atoms with E-state index in [9.17, 15) is 12.8 Å². The standard InChI is InChI=1S/C12H11FN2O3S/c13-9-3-1-2-4-11(9)18-8-5-6-12(10(14)7-8)19(15,16)17/h1-7H,14H2,(H2,15,16,17). The monoisotopic (exact) mass is 282 g/mol. The summed E-state index contributed by atoms with van der Waals surface area (Å²) < 4.78 is 41.0. The molecule has 7 heteroatoms. The first-order valence-corrected chi connectivity index (χ1v) is 6.77. The molecule has 0 fully saturated rings. The van der Waals surface area contributed by atoms with E-state index in [1.165, 1.54) is 36.4 Å². The molecule has 0 bridgehead atoms. The number of benzene rings is 2. The van der Waals surface area contributed by atoms with Gasteiger partial charge in [0.05, 0.1) is 5.69 Å². The fraction of sp³-hybridized carbons (Fsp3) is 0. The predicted molar refractivity (Wildman–Crippen MR) is 68.7 cm³/mol. The fourth-order valence-electron chi connectivity index (χ4n) is 1.50. The van der Waals surface area contributed by atoms with E-state index in [0.29, 0.717) is 0 Å². The second kappa shape index (κ2) is 4.87. The van der Waals surface area contributed by atoms with E-state index in [0.717, 1.165) is 0 Å². The van der Waals surface area contributed by atoms with Crippen molar-refractivity contribution in [1.82, 2.24) is 0 Å². The summed E-state index contributed by atoms with van der Waals surface area (Å²) in [4.78, 5) is -0.201. The van der Waals surface area contributed by atoms with Crippen LogP contribution in [0.1, 0.15) is 0 Å². The Labute approximate surface area is 109 Å². The SMILES string of the molecule is Nc1cc(Oc2ccccc2F)ccc1S(N)(=O)=O. The lowest BCUT2D eigenvalue weighted by atomic mass is 10.3. The van der Waals surface area contributed by atoms with Gasteiger partial charge in [0.25, 0.3) is 0 Å². The van der Waals surface area contributed by atoms with Gasteiger partial charge >= 0.3 is 0 Å². The Kier molecular flexibility index (Phi) is 3.41. The van der Waals surface area contributed by atoms with Crippen molar-refractivity contribution in [3.05, 3.63) is 48.3 Å². The number of para-hydroxylation sites is 1. The quantitative estimate of drug-likeness (QED) is 0.840. The molecule has 0 heterocycles. The van der Waals surface area contributed by atoms with Crippen molar-refractivity contribution in [3.63, 3.8) is 0 Å². The highest BCUT2D eigenvalue weighted by Crippen LogP contribution is 2.28. The topological polar surface area (TPSA) is 95.4 Å². The van der Waals surface area contributed by atoms with E-state index in [-0.39, 0.29) is 22.1 Å². The molecule has 0 atom stereocenters. The van der Waals surface area contributed by atoms with Gasteiger partial charge in [0.2, 0.25) is 10.0 Å². The van der Waals surface area contributed by atoms with Crippen LogP contribution < -0.4 is 15.6 Å². The van der Waals surface area contributed by atoms with Crippen LogP contribution in [0.2, 0.25) is 0 Å². The number of primary sulfonamides is 1. The van der Waals surface area contributed by atoms with E-state index in [1.54, 1.807) is 6.07 Å². The summed E-state index contributed by atoms with van der Waals surface area (Å²) in [5.74, 6) is -0.295. The van der Waals surface area contributed by atoms with Gasteiger partial charge in [-0.2, -0.15) is 0 Å². The molecule has 0 aromatic heterocycles. The molecule has 0 saturated carbocycles. The molecule has 2 aromatic carbocycles. The summed E-state index contributed by atoms with van der Waals surface area (Å²) >= 11 is 0. The van der Waals surface area contributed by atoms with Crippen LogP contribution >= 0.6 is 0 Å². The van der Waals surface area contributed by atoms with Gasteiger partial charge in [-0.1, -0.05) is 12.1 Å². The Balaban J connectivity index is 2.34. The van der Waals surface area contributed by atoms with Crippen LogP contribution in [0.4, 0.5) is 10.1 Å². The molecule has 0 aliphatic heterocycles. The molecule has 0 aliphatic carbocycles. The Morgan fingerprint density at radius 3 is 2.37 bits per heavy atom. The normalized spacial score (nSPS) is 11.3. The van der Waals surface area contributed by atoms with Crippen molar-refractivity contribution in [1.29, 1.82) is 0 Å². The molecule has 4 N–H and O–H groups in total. The van der Waals surface area contributed by atoms with Gasteiger partial charge in [-0.05, 0) is 24.3 Å². The maximum atomic E-state index is 13.4. The number of anilines is 1. The van der Waals surface area contributed by atoms with Crippen LogP contribution in [0.25, 0.3) is 0 Å². The van der Waals surface area contributed by atoms with Crippen LogP contribution in [0.15, 0.2) is 47.4 Å². The lowest BCUT2D eigenvalue weighted by molar-refractivity contribution is 0.442. The minimum absolute atomic E-state index is 0.0188. The van der Waals surface area contributed by atoms with Crippen LogP contribution in [-0.4, -0.2) is 8.42 Å². The third kappa shape index (κ3) is 3.01. The highest BCUT2D eigenvalue weighted by atomic mass is 32.2. The van der Waals surface area contributed by atoms with E-state index in [2.05, 4.69) is 0 Å². The maximum Gasteiger partial charge on any atom is 0.240 e. The molecule has 19 heavy (non-hydrogen) atoms. The van der Waals surface area contributed by atoms with Gasteiger partial charge in [-0.3, -0.25) is 0 Å². The minimum atomic E-state index is -3.89. The highest BCUT2D eigenvalue weighted by Gasteiger charge is 2.13. The number of rotatable bonds is 3. The second-order valence-corrected chi connectivity index (χ2v) is 5.31. The number of ether oxygens (including phenoxy) is 1. The molecule has 2 rings (SSSR count). The third-order valence-corrected chi connectivity index (χ3v) is 3.34. The molecule has 100 valence electrons. The largest absolute Gasteiger partial charge is 0.454 e. The summed E-state index contributed by atoms with van der Waals surface area (Å²) in [7, 11) is -3.89. The molecule has 0 radical (unpaired) electrons. The summed E-state index contributed by atoms with van der Waals surface area (Å²) in [6.07, 6.45) is 0. The zero-order chi connectivity index (χ0) is 14.0. The molecule has 0 unspecified atom stereocenters. The predicted octanol–water partition coefficient (Wildman–Crippen LogP) is 1.85. The van der Waals surface area contributed by atoms with Crippen molar-refractivity contribution in [3.8, 4) is 11.5 Å². The molecular weight excluding hydrogens is 271 g/mol. The maximum absolute atomic E-state index is 13.4. The zero-order valence-corrected chi connectivity index (χ0v) is 10.5. The van der Waals surface area contributed by atoms with Gasteiger partial charge in [-0.25, -0.2) is 17.9 Å². The van der Waals surface area contributed by atoms with E-state index < -0.39 is 15.8 Å². The van der Waals surface area contributed by atoms with Crippen LogP contribution in [0, 0.1) is 5.82 Å². The van der Waals surface area contributed by atoms with Crippen LogP contribution in [0.3, 0.4) is 0 Å². The smallest absolute Gasteiger partial charge is 0.240 e. The van der Waals surface area contributed by atoms with Crippen molar-refractivity contribution >= 4 is 15.7 Å². The van der Waals surface area contributed by atoms with Crippen LogP contribution in [-0.2, 0) is 10.0 Å². The third-order valence-electron chi connectivity index (χ3n) is 2.35.